The van der Waals surface area contributed by atoms with Crippen LogP contribution in [-0.4, -0.2) is 5.97 Å². The number of benzene rings is 2. The number of halogens is 5. The molecule has 0 aliphatic heterocycles. The van der Waals surface area contributed by atoms with Gasteiger partial charge < -0.3 is 4.74 Å². The molecule has 1 aliphatic rings. The number of hydrogen-bond donors (Lipinski definition) is 0. The van der Waals surface area contributed by atoms with Crippen molar-refractivity contribution < 1.29 is 31.5 Å². The van der Waals surface area contributed by atoms with Gasteiger partial charge in [-0.3, -0.25) is 0 Å². The number of rotatable bonds is 5. The van der Waals surface area contributed by atoms with Crippen LogP contribution in [0.4, 0.5) is 22.0 Å². The Morgan fingerprint density at radius 2 is 1.55 bits per heavy atom. The quantitative estimate of drug-likeness (QED) is 0.237. The first-order valence-electron chi connectivity index (χ1n) is 9.66. The number of carbonyl (C=O) groups is 1. The molecule has 0 N–H and O–H groups in total. The third kappa shape index (κ3) is 4.60. The van der Waals surface area contributed by atoms with Crippen LogP contribution in [0.3, 0.4) is 0 Å². The average molecular weight is 412 g/mol. The molecule has 2 aromatic rings. The molecule has 2 nitrogen and oxygen atoms in total. The molecule has 0 aromatic heterocycles. The van der Waals surface area contributed by atoms with Crippen LogP contribution in [0.25, 0.3) is 0 Å². The Labute approximate surface area is 165 Å². The number of ether oxygens (including phenoxy) is 1. The van der Waals surface area contributed by atoms with E-state index in [1.54, 1.807) is 0 Å². The summed E-state index contributed by atoms with van der Waals surface area (Å²) in [7, 11) is 0. The minimum absolute atomic E-state index is 0.122. The summed E-state index contributed by atoms with van der Waals surface area (Å²) in [5.41, 5.74) is -0.482. The average Bonchev–Trinajstić information content (AvgIpc) is 2.69. The van der Waals surface area contributed by atoms with Crippen molar-refractivity contribution in [2.75, 3.05) is 0 Å². The first-order chi connectivity index (χ1) is 13.8. The summed E-state index contributed by atoms with van der Waals surface area (Å²) < 4.78 is 73.3. The fourth-order valence-electron chi connectivity index (χ4n) is 3.96. The molecule has 7 heteroatoms. The van der Waals surface area contributed by atoms with Crippen LogP contribution >= 0.6 is 0 Å². The fourth-order valence-corrected chi connectivity index (χ4v) is 3.96. The van der Waals surface area contributed by atoms with Crippen molar-refractivity contribution in [2.24, 2.45) is 5.92 Å². The Hall–Kier alpha value is -2.44. The summed E-state index contributed by atoms with van der Waals surface area (Å²) in [4.78, 5) is 12.1. The Kier molecular flexibility index (Phi) is 6.55. The summed E-state index contributed by atoms with van der Waals surface area (Å²) in [5.74, 6) is -8.82. The summed E-state index contributed by atoms with van der Waals surface area (Å²) in [6.07, 6.45) is 5.61. The maximum atomic E-state index is 14.6. The third-order valence-electron chi connectivity index (χ3n) is 5.48. The van der Waals surface area contributed by atoms with E-state index >= 15 is 0 Å². The van der Waals surface area contributed by atoms with Crippen LogP contribution in [0, 0.1) is 35.0 Å². The molecule has 156 valence electrons. The van der Waals surface area contributed by atoms with Crippen molar-refractivity contribution in [1.82, 2.24) is 0 Å². The van der Waals surface area contributed by atoms with Gasteiger partial charge >= 0.3 is 5.97 Å². The maximum absolute atomic E-state index is 14.6. The van der Waals surface area contributed by atoms with Gasteiger partial charge in [0, 0.05) is 12.1 Å². The zero-order valence-corrected chi connectivity index (χ0v) is 15.9. The van der Waals surface area contributed by atoms with E-state index in [2.05, 4.69) is 11.7 Å². The molecule has 2 aromatic carbocycles. The molecule has 29 heavy (non-hydrogen) atoms. The number of carbonyl (C=O) groups excluding carboxylic acids is 1. The van der Waals surface area contributed by atoms with Crippen molar-refractivity contribution in [1.29, 1.82) is 0 Å². The SMILES string of the molecule is CCCC1CCC(c2ccc(C(=O)Oc3cc(F)c(F)c(F)c3)c(F)c2F)CC1. The molecule has 1 aliphatic carbocycles. The smallest absolute Gasteiger partial charge is 0.346 e. The predicted molar refractivity (Wildman–Crippen MR) is 97.2 cm³/mol. The van der Waals surface area contributed by atoms with Gasteiger partial charge in [-0.25, -0.2) is 26.7 Å². The van der Waals surface area contributed by atoms with Gasteiger partial charge in [-0.2, -0.15) is 0 Å². The van der Waals surface area contributed by atoms with Crippen LogP contribution in [-0.2, 0) is 0 Å². The molecule has 1 saturated carbocycles. The van der Waals surface area contributed by atoms with Gasteiger partial charge in [0.25, 0.3) is 0 Å². The maximum Gasteiger partial charge on any atom is 0.346 e. The first kappa shape index (κ1) is 21.3. The molecular formula is C22H21F5O2. The molecule has 0 heterocycles. The zero-order valence-electron chi connectivity index (χ0n) is 15.9. The lowest BCUT2D eigenvalue weighted by molar-refractivity contribution is 0.0727. The van der Waals surface area contributed by atoms with Crippen LogP contribution in [0.15, 0.2) is 24.3 Å². The van der Waals surface area contributed by atoms with Crippen molar-refractivity contribution in [3.8, 4) is 5.75 Å². The fraction of sp³-hybridized carbons (Fsp3) is 0.409. The van der Waals surface area contributed by atoms with E-state index in [-0.39, 0.29) is 11.5 Å². The van der Waals surface area contributed by atoms with Crippen LogP contribution in [0.1, 0.15) is 67.3 Å². The largest absolute Gasteiger partial charge is 0.423 e. The van der Waals surface area contributed by atoms with E-state index in [4.69, 9.17) is 0 Å². The summed E-state index contributed by atoms with van der Waals surface area (Å²) >= 11 is 0. The molecule has 0 radical (unpaired) electrons. The highest BCUT2D eigenvalue weighted by molar-refractivity contribution is 5.91. The molecule has 1 fully saturated rings. The highest BCUT2D eigenvalue weighted by Crippen LogP contribution is 2.39. The molecule has 0 spiro atoms. The van der Waals surface area contributed by atoms with Gasteiger partial charge in [-0.15, -0.1) is 0 Å². The Morgan fingerprint density at radius 3 is 2.14 bits per heavy atom. The van der Waals surface area contributed by atoms with Crippen molar-refractivity contribution >= 4 is 5.97 Å². The van der Waals surface area contributed by atoms with Crippen LogP contribution in [0.2, 0.25) is 0 Å². The predicted octanol–water partition coefficient (Wildman–Crippen LogP) is 6.68. The normalized spacial score (nSPS) is 19.2. The van der Waals surface area contributed by atoms with E-state index in [0.717, 1.165) is 44.6 Å². The standard InChI is InChI=1S/C22H21F5O2/c1-2-3-12-4-6-13(7-5-12)15-8-9-16(20(26)19(15)25)22(28)29-14-10-17(23)21(27)18(24)11-14/h8-13H,2-7H2,1H3. The zero-order chi connectivity index (χ0) is 21.1. The van der Waals surface area contributed by atoms with Crippen LogP contribution < -0.4 is 4.74 Å². The summed E-state index contributed by atoms with van der Waals surface area (Å²) in [5, 5.41) is 0. The van der Waals surface area contributed by atoms with Gasteiger partial charge in [0.05, 0.1) is 5.56 Å². The molecule has 0 bridgehead atoms. The molecule has 0 unspecified atom stereocenters. The number of hydrogen-bond acceptors (Lipinski definition) is 2. The molecule has 0 atom stereocenters. The first-order valence-corrected chi connectivity index (χ1v) is 9.66. The van der Waals surface area contributed by atoms with E-state index in [9.17, 15) is 26.7 Å². The monoisotopic (exact) mass is 412 g/mol. The minimum atomic E-state index is -1.72. The van der Waals surface area contributed by atoms with E-state index in [1.807, 2.05) is 0 Å². The topological polar surface area (TPSA) is 26.3 Å². The lowest BCUT2D eigenvalue weighted by Gasteiger charge is -2.29. The number of esters is 1. The molecule has 3 rings (SSSR count). The molecule has 0 amide bonds. The highest BCUT2D eigenvalue weighted by atomic mass is 19.2. The van der Waals surface area contributed by atoms with Gasteiger partial charge in [-0.05, 0) is 49.1 Å². The minimum Gasteiger partial charge on any atom is -0.423 e. The van der Waals surface area contributed by atoms with Crippen molar-refractivity contribution in [3.05, 3.63) is 64.5 Å². The lowest BCUT2D eigenvalue weighted by atomic mass is 9.77. The third-order valence-corrected chi connectivity index (χ3v) is 5.48. The van der Waals surface area contributed by atoms with E-state index in [1.165, 1.54) is 6.07 Å². The van der Waals surface area contributed by atoms with Crippen molar-refractivity contribution in [2.45, 2.75) is 51.4 Å². The second-order valence-electron chi connectivity index (χ2n) is 7.43. The van der Waals surface area contributed by atoms with Gasteiger partial charge in [-0.1, -0.05) is 25.8 Å². The molecular weight excluding hydrogens is 391 g/mol. The van der Waals surface area contributed by atoms with Crippen LogP contribution in [0.5, 0.6) is 5.75 Å². The van der Waals surface area contributed by atoms with E-state index in [0.29, 0.717) is 18.1 Å². The van der Waals surface area contributed by atoms with Crippen molar-refractivity contribution in [3.63, 3.8) is 0 Å². The second kappa shape index (κ2) is 8.93. The Balaban J connectivity index is 1.76. The van der Waals surface area contributed by atoms with Gasteiger partial charge in [0.1, 0.15) is 5.75 Å². The lowest BCUT2D eigenvalue weighted by Crippen LogP contribution is -2.17. The van der Waals surface area contributed by atoms with E-state index < -0.39 is 46.4 Å². The Bertz CT molecular complexity index is 881. The summed E-state index contributed by atoms with van der Waals surface area (Å²) in [6, 6.07) is 3.36. The summed E-state index contributed by atoms with van der Waals surface area (Å²) in [6.45, 7) is 2.12. The second-order valence-corrected chi connectivity index (χ2v) is 7.43. The molecule has 0 saturated heterocycles. The van der Waals surface area contributed by atoms with Gasteiger partial charge in [0.2, 0.25) is 0 Å². The van der Waals surface area contributed by atoms with Gasteiger partial charge in [0.15, 0.2) is 29.1 Å². The highest BCUT2D eigenvalue weighted by Gasteiger charge is 2.28. The Morgan fingerprint density at radius 1 is 0.931 bits per heavy atom.